The van der Waals surface area contributed by atoms with Crippen LogP contribution >= 0.6 is 11.6 Å². The van der Waals surface area contributed by atoms with Gasteiger partial charge in [0.1, 0.15) is 12.4 Å². The van der Waals surface area contributed by atoms with E-state index >= 15 is 0 Å². The van der Waals surface area contributed by atoms with Gasteiger partial charge in [-0.3, -0.25) is 0 Å². The Labute approximate surface area is 129 Å². The molecular weight excluding hydrogens is 287 g/mol. The minimum absolute atomic E-state index is 0.132. The van der Waals surface area contributed by atoms with Crippen LogP contribution in [0.25, 0.3) is 0 Å². The highest BCUT2D eigenvalue weighted by Crippen LogP contribution is 2.18. The standard InChI is InChI=1S/C17H18ClFN2/c18-15-6-2-1-5-14(15)13-20-9-11-21(12-10-20)17-8-4-3-7-16(17)19/h1-8H,9-13H2/p+1. The maximum absolute atomic E-state index is 13.8. The molecule has 1 saturated heterocycles. The molecule has 0 bridgehead atoms. The van der Waals surface area contributed by atoms with Crippen molar-refractivity contribution in [3.8, 4) is 0 Å². The Bertz CT molecular complexity index is 609. The van der Waals surface area contributed by atoms with Crippen LogP contribution in [-0.4, -0.2) is 26.2 Å². The third-order valence-corrected chi connectivity index (χ3v) is 4.43. The zero-order valence-corrected chi connectivity index (χ0v) is 12.6. The van der Waals surface area contributed by atoms with Crippen molar-refractivity contribution in [2.75, 3.05) is 31.1 Å². The van der Waals surface area contributed by atoms with E-state index in [1.165, 1.54) is 16.5 Å². The molecule has 21 heavy (non-hydrogen) atoms. The van der Waals surface area contributed by atoms with Gasteiger partial charge in [-0.1, -0.05) is 41.9 Å². The number of hydrogen-bond donors (Lipinski definition) is 1. The quantitative estimate of drug-likeness (QED) is 0.915. The second-order valence-corrected chi connectivity index (χ2v) is 5.86. The first-order chi connectivity index (χ1) is 10.2. The first-order valence-corrected chi connectivity index (χ1v) is 7.68. The van der Waals surface area contributed by atoms with E-state index in [0.29, 0.717) is 5.69 Å². The van der Waals surface area contributed by atoms with Gasteiger partial charge in [0.2, 0.25) is 0 Å². The minimum atomic E-state index is -0.132. The van der Waals surface area contributed by atoms with Gasteiger partial charge in [0.25, 0.3) is 0 Å². The monoisotopic (exact) mass is 305 g/mol. The van der Waals surface area contributed by atoms with Gasteiger partial charge in [-0.2, -0.15) is 0 Å². The molecule has 2 nitrogen and oxygen atoms in total. The van der Waals surface area contributed by atoms with Gasteiger partial charge in [0.05, 0.1) is 31.9 Å². The summed E-state index contributed by atoms with van der Waals surface area (Å²) in [6.45, 7) is 4.69. The average Bonchev–Trinajstić information content (AvgIpc) is 2.51. The summed E-state index contributed by atoms with van der Waals surface area (Å²) in [5.74, 6) is -0.132. The van der Waals surface area contributed by atoms with Crippen molar-refractivity contribution in [1.29, 1.82) is 0 Å². The van der Waals surface area contributed by atoms with E-state index < -0.39 is 0 Å². The molecule has 2 aromatic carbocycles. The molecule has 4 heteroatoms. The molecule has 0 radical (unpaired) electrons. The Hall–Kier alpha value is -1.58. The number of nitrogens with one attached hydrogen (secondary N) is 1. The highest BCUT2D eigenvalue weighted by molar-refractivity contribution is 6.31. The first-order valence-electron chi connectivity index (χ1n) is 7.30. The number of para-hydroxylation sites is 1. The normalized spacial score (nSPS) is 16.2. The summed E-state index contributed by atoms with van der Waals surface area (Å²) in [6, 6.07) is 15.0. The van der Waals surface area contributed by atoms with Crippen molar-refractivity contribution in [3.63, 3.8) is 0 Å². The van der Waals surface area contributed by atoms with Crippen LogP contribution in [0.3, 0.4) is 0 Å². The van der Waals surface area contributed by atoms with Gasteiger partial charge in [0.15, 0.2) is 0 Å². The molecule has 2 aromatic rings. The molecule has 0 aliphatic carbocycles. The fourth-order valence-corrected chi connectivity index (χ4v) is 3.06. The van der Waals surface area contributed by atoms with Crippen molar-refractivity contribution >= 4 is 17.3 Å². The molecule has 0 atom stereocenters. The highest BCUT2D eigenvalue weighted by Gasteiger charge is 2.22. The van der Waals surface area contributed by atoms with Crippen LogP contribution < -0.4 is 9.80 Å². The molecule has 0 spiro atoms. The number of anilines is 1. The van der Waals surface area contributed by atoms with Crippen LogP contribution in [0.4, 0.5) is 10.1 Å². The maximum atomic E-state index is 13.8. The Morgan fingerprint density at radius 3 is 2.38 bits per heavy atom. The molecule has 110 valence electrons. The average molecular weight is 306 g/mol. The van der Waals surface area contributed by atoms with Crippen LogP contribution in [0, 0.1) is 5.82 Å². The maximum Gasteiger partial charge on any atom is 0.146 e. The van der Waals surface area contributed by atoms with E-state index in [1.807, 2.05) is 30.3 Å². The third-order valence-electron chi connectivity index (χ3n) is 4.06. The van der Waals surface area contributed by atoms with Gasteiger partial charge < -0.3 is 9.80 Å². The molecular formula is C17H19ClFN2+. The van der Waals surface area contributed by atoms with Crippen LogP contribution in [0.5, 0.6) is 0 Å². The van der Waals surface area contributed by atoms with Gasteiger partial charge in [-0.25, -0.2) is 4.39 Å². The lowest BCUT2D eigenvalue weighted by atomic mass is 10.2. The summed E-state index contributed by atoms with van der Waals surface area (Å²) in [5.41, 5.74) is 1.91. The van der Waals surface area contributed by atoms with E-state index in [-0.39, 0.29) is 5.82 Å². The fraction of sp³-hybridized carbons (Fsp3) is 0.294. The highest BCUT2D eigenvalue weighted by atomic mass is 35.5. The molecule has 1 heterocycles. The molecule has 1 aliphatic heterocycles. The predicted molar refractivity (Wildman–Crippen MR) is 84.5 cm³/mol. The molecule has 0 unspecified atom stereocenters. The van der Waals surface area contributed by atoms with E-state index in [1.54, 1.807) is 6.07 Å². The van der Waals surface area contributed by atoms with E-state index in [0.717, 1.165) is 37.7 Å². The second kappa shape index (κ2) is 6.46. The Balaban J connectivity index is 1.61. The smallest absolute Gasteiger partial charge is 0.146 e. The summed E-state index contributed by atoms with van der Waals surface area (Å²) in [5, 5.41) is 0.835. The van der Waals surface area contributed by atoms with Crippen LogP contribution in [0.1, 0.15) is 5.56 Å². The number of rotatable bonds is 3. The van der Waals surface area contributed by atoms with Gasteiger partial charge in [-0.05, 0) is 18.2 Å². The van der Waals surface area contributed by atoms with Crippen LogP contribution in [0.2, 0.25) is 5.02 Å². The molecule has 0 aromatic heterocycles. The lowest BCUT2D eigenvalue weighted by Crippen LogP contribution is -3.13. The van der Waals surface area contributed by atoms with Crippen molar-refractivity contribution in [2.24, 2.45) is 0 Å². The van der Waals surface area contributed by atoms with Crippen molar-refractivity contribution in [1.82, 2.24) is 0 Å². The number of halogens is 2. The largest absolute Gasteiger partial charge is 0.358 e. The Kier molecular flexibility index (Phi) is 4.42. The topological polar surface area (TPSA) is 7.68 Å². The number of hydrogen-bond acceptors (Lipinski definition) is 1. The van der Waals surface area contributed by atoms with E-state index in [4.69, 9.17) is 11.6 Å². The lowest BCUT2D eigenvalue weighted by molar-refractivity contribution is -0.914. The molecule has 1 N–H and O–H groups in total. The fourth-order valence-electron chi connectivity index (χ4n) is 2.86. The zero-order chi connectivity index (χ0) is 14.7. The molecule has 0 saturated carbocycles. The molecule has 3 rings (SSSR count). The van der Waals surface area contributed by atoms with Gasteiger partial charge >= 0.3 is 0 Å². The number of nitrogens with zero attached hydrogens (tertiary/aromatic N) is 1. The minimum Gasteiger partial charge on any atom is -0.358 e. The molecule has 0 amide bonds. The van der Waals surface area contributed by atoms with Gasteiger partial charge in [0, 0.05) is 10.6 Å². The van der Waals surface area contributed by atoms with Gasteiger partial charge in [-0.15, -0.1) is 0 Å². The number of piperazine rings is 1. The summed E-state index contributed by atoms with van der Waals surface area (Å²) < 4.78 is 13.8. The zero-order valence-electron chi connectivity index (χ0n) is 11.9. The molecule has 1 aliphatic rings. The van der Waals surface area contributed by atoms with Crippen molar-refractivity contribution in [2.45, 2.75) is 6.54 Å². The van der Waals surface area contributed by atoms with E-state index in [9.17, 15) is 4.39 Å². The molecule has 1 fully saturated rings. The lowest BCUT2D eigenvalue weighted by Gasteiger charge is -2.33. The van der Waals surface area contributed by atoms with Crippen molar-refractivity contribution < 1.29 is 9.29 Å². The summed E-state index contributed by atoms with van der Waals surface area (Å²) >= 11 is 6.22. The van der Waals surface area contributed by atoms with Crippen molar-refractivity contribution in [3.05, 3.63) is 64.9 Å². The summed E-state index contributed by atoms with van der Waals surface area (Å²) in [6.07, 6.45) is 0. The van der Waals surface area contributed by atoms with E-state index in [2.05, 4.69) is 11.0 Å². The predicted octanol–water partition coefficient (Wildman–Crippen LogP) is 2.38. The van der Waals surface area contributed by atoms with Crippen LogP contribution in [0.15, 0.2) is 48.5 Å². The Morgan fingerprint density at radius 2 is 1.67 bits per heavy atom. The van der Waals surface area contributed by atoms with Crippen LogP contribution in [-0.2, 0) is 6.54 Å². The number of quaternary nitrogens is 1. The number of benzene rings is 2. The summed E-state index contributed by atoms with van der Waals surface area (Å²) in [7, 11) is 0. The second-order valence-electron chi connectivity index (χ2n) is 5.46. The Morgan fingerprint density at radius 1 is 1.00 bits per heavy atom. The first kappa shape index (κ1) is 14.4. The third kappa shape index (κ3) is 3.36. The summed E-state index contributed by atoms with van der Waals surface area (Å²) in [4.78, 5) is 3.63. The SMILES string of the molecule is Fc1ccccc1N1CC[NH+](Cc2ccccc2Cl)CC1.